The molecule has 0 saturated carbocycles. The van der Waals surface area contributed by atoms with Crippen LogP contribution >= 0.6 is 0 Å². The van der Waals surface area contributed by atoms with Gasteiger partial charge in [0.25, 0.3) is 11.8 Å². The summed E-state index contributed by atoms with van der Waals surface area (Å²) in [7, 11) is 1.86. The molecule has 2 aromatic carbocycles. The van der Waals surface area contributed by atoms with Crippen LogP contribution in [0.25, 0.3) is 0 Å². The summed E-state index contributed by atoms with van der Waals surface area (Å²) in [6, 6.07) is 17.5. The van der Waals surface area contributed by atoms with Gasteiger partial charge in [0.05, 0.1) is 20.3 Å². The highest BCUT2D eigenvalue weighted by Gasteiger charge is 2.23. The van der Waals surface area contributed by atoms with E-state index in [1.807, 2.05) is 75.5 Å². The molecule has 0 spiro atoms. The van der Waals surface area contributed by atoms with Crippen molar-refractivity contribution in [3.63, 3.8) is 0 Å². The second kappa shape index (κ2) is 10.9. The Balaban J connectivity index is 1.51. The van der Waals surface area contributed by atoms with Crippen molar-refractivity contribution in [1.29, 1.82) is 0 Å². The Morgan fingerprint density at radius 3 is 2.29 bits per heavy atom. The van der Waals surface area contributed by atoms with E-state index < -0.39 is 0 Å². The average molecular weight is 426 g/mol. The summed E-state index contributed by atoms with van der Waals surface area (Å²) in [5.74, 6) is -0.110. The lowest BCUT2D eigenvalue weighted by Gasteiger charge is -2.29. The number of hydrogen-bond acceptors (Lipinski definition) is 4. The van der Waals surface area contributed by atoms with E-state index in [-0.39, 0.29) is 30.9 Å². The zero-order chi connectivity index (χ0) is 22.2. The maximum absolute atomic E-state index is 12.9. The Morgan fingerprint density at radius 1 is 1.03 bits per heavy atom. The molecular formula is C24H33N4O3+. The predicted octanol–water partition coefficient (Wildman–Crippen LogP) is 1.42. The first-order valence-electron chi connectivity index (χ1n) is 10.8. The summed E-state index contributed by atoms with van der Waals surface area (Å²) in [4.78, 5) is 30.3. The molecule has 1 saturated heterocycles. The number of carbonyl (C=O) groups is 2. The lowest BCUT2D eigenvalue weighted by Crippen LogP contribution is -3.11. The number of benzene rings is 2. The van der Waals surface area contributed by atoms with Crippen molar-refractivity contribution in [3.05, 3.63) is 54.6 Å². The molecule has 1 aliphatic rings. The topological polar surface area (TPSA) is 66.3 Å². The highest BCUT2D eigenvalue weighted by atomic mass is 16.5. The Morgan fingerprint density at radius 2 is 1.68 bits per heavy atom. The average Bonchev–Trinajstić information content (AvgIpc) is 2.75. The standard InChI is InChI=1S/C24H32N4O3/c1-19(2)28(22-7-5-4-6-8-22)24(30)18-26(3)17-23(29)25-20-9-11-21(12-10-20)27-13-15-31-16-14-27/h4-12,19H,13-18H2,1-3H3,(H,25,29)/p+1. The number of ether oxygens (including phenoxy) is 1. The highest BCUT2D eigenvalue weighted by Crippen LogP contribution is 2.19. The quantitative estimate of drug-likeness (QED) is 0.671. The van der Waals surface area contributed by atoms with Gasteiger partial charge in [-0.25, -0.2) is 0 Å². The molecule has 1 heterocycles. The molecule has 2 N–H and O–H groups in total. The van der Waals surface area contributed by atoms with Gasteiger partial charge in [0.2, 0.25) is 0 Å². The number of amides is 2. The number of carbonyl (C=O) groups excluding carboxylic acids is 2. The van der Waals surface area contributed by atoms with Gasteiger partial charge in [0.15, 0.2) is 13.1 Å². The van der Waals surface area contributed by atoms with Crippen molar-refractivity contribution in [2.75, 3.05) is 61.6 Å². The third-order valence-electron chi connectivity index (χ3n) is 5.26. The van der Waals surface area contributed by atoms with Crippen LogP contribution in [0.2, 0.25) is 0 Å². The molecule has 3 rings (SSSR count). The molecule has 1 unspecified atom stereocenters. The number of rotatable bonds is 8. The molecule has 1 fully saturated rings. The van der Waals surface area contributed by atoms with Crippen molar-refractivity contribution in [2.45, 2.75) is 19.9 Å². The molecule has 0 bridgehead atoms. The summed E-state index contributed by atoms with van der Waals surface area (Å²) in [5, 5.41) is 2.93. The third-order valence-corrected chi connectivity index (χ3v) is 5.26. The van der Waals surface area contributed by atoms with E-state index in [0.29, 0.717) is 0 Å². The zero-order valence-electron chi connectivity index (χ0n) is 18.6. The van der Waals surface area contributed by atoms with Crippen LogP contribution in [-0.2, 0) is 14.3 Å². The van der Waals surface area contributed by atoms with Crippen molar-refractivity contribution < 1.29 is 19.2 Å². The van der Waals surface area contributed by atoms with Gasteiger partial charge in [-0.05, 0) is 50.2 Å². The minimum absolute atomic E-state index is 0.00126. The fourth-order valence-electron chi connectivity index (χ4n) is 3.78. The number of anilines is 3. The van der Waals surface area contributed by atoms with Gasteiger partial charge in [-0.1, -0.05) is 18.2 Å². The smallest absolute Gasteiger partial charge is 0.282 e. The summed E-state index contributed by atoms with van der Waals surface area (Å²) in [5.41, 5.74) is 2.76. The Kier molecular flexibility index (Phi) is 8.03. The second-order valence-corrected chi connectivity index (χ2v) is 8.20. The number of quaternary nitrogens is 1. The minimum atomic E-state index is -0.111. The van der Waals surface area contributed by atoms with E-state index in [2.05, 4.69) is 10.2 Å². The monoisotopic (exact) mass is 425 g/mol. The number of morpholine rings is 1. The predicted molar refractivity (Wildman–Crippen MR) is 124 cm³/mol. The van der Waals surface area contributed by atoms with Crippen LogP contribution in [0.1, 0.15) is 13.8 Å². The number of hydrogen-bond donors (Lipinski definition) is 2. The van der Waals surface area contributed by atoms with Crippen LogP contribution in [0, 0.1) is 0 Å². The molecule has 31 heavy (non-hydrogen) atoms. The molecule has 0 aromatic heterocycles. The molecule has 2 aromatic rings. The first-order valence-corrected chi connectivity index (χ1v) is 10.8. The van der Waals surface area contributed by atoms with E-state index >= 15 is 0 Å². The van der Waals surface area contributed by atoms with Crippen LogP contribution in [0.5, 0.6) is 0 Å². The Labute approximate surface area is 184 Å². The van der Waals surface area contributed by atoms with Crippen molar-refractivity contribution >= 4 is 28.9 Å². The van der Waals surface area contributed by atoms with Crippen molar-refractivity contribution in [2.24, 2.45) is 0 Å². The summed E-state index contributed by atoms with van der Waals surface area (Å²) < 4.78 is 5.39. The number of para-hydroxylation sites is 1. The SMILES string of the molecule is CC(C)N(C(=O)C[NH+](C)CC(=O)Nc1ccc(N2CCOCC2)cc1)c1ccccc1. The summed E-state index contributed by atoms with van der Waals surface area (Å²) in [6.45, 7) is 7.69. The molecule has 7 nitrogen and oxygen atoms in total. The molecule has 0 aliphatic carbocycles. The maximum atomic E-state index is 12.9. The fourth-order valence-corrected chi connectivity index (χ4v) is 3.78. The first kappa shape index (κ1) is 22.8. The van der Waals surface area contributed by atoms with E-state index in [0.717, 1.165) is 48.3 Å². The van der Waals surface area contributed by atoms with Crippen molar-refractivity contribution in [3.8, 4) is 0 Å². The third kappa shape index (κ3) is 6.54. The van der Waals surface area contributed by atoms with Gasteiger partial charge in [0.1, 0.15) is 0 Å². The van der Waals surface area contributed by atoms with Crippen LogP contribution in [0.15, 0.2) is 54.6 Å². The van der Waals surface area contributed by atoms with Gasteiger partial charge in [-0.2, -0.15) is 0 Å². The lowest BCUT2D eigenvalue weighted by molar-refractivity contribution is -0.862. The van der Waals surface area contributed by atoms with Gasteiger partial charge in [0, 0.05) is 36.2 Å². The van der Waals surface area contributed by atoms with E-state index in [1.165, 1.54) is 0 Å². The van der Waals surface area contributed by atoms with E-state index in [4.69, 9.17) is 4.74 Å². The number of nitrogens with one attached hydrogen (secondary N) is 2. The molecular weight excluding hydrogens is 392 g/mol. The molecule has 0 radical (unpaired) electrons. The maximum Gasteiger partial charge on any atom is 0.282 e. The second-order valence-electron chi connectivity index (χ2n) is 8.20. The Bertz CT molecular complexity index is 849. The van der Waals surface area contributed by atoms with Crippen LogP contribution in [0.3, 0.4) is 0 Å². The van der Waals surface area contributed by atoms with Gasteiger partial charge in [-0.15, -0.1) is 0 Å². The number of nitrogens with zero attached hydrogens (tertiary/aromatic N) is 2. The molecule has 166 valence electrons. The van der Waals surface area contributed by atoms with Crippen LogP contribution in [0.4, 0.5) is 17.1 Å². The molecule has 1 aliphatic heterocycles. The molecule has 7 heteroatoms. The lowest BCUT2D eigenvalue weighted by atomic mass is 10.2. The highest BCUT2D eigenvalue weighted by molar-refractivity contribution is 5.95. The largest absolute Gasteiger partial charge is 0.378 e. The zero-order valence-corrected chi connectivity index (χ0v) is 18.6. The Hall–Kier alpha value is -2.90. The van der Waals surface area contributed by atoms with Gasteiger partial charge >= 0.3 is 0 Å². The summed E-state index contributed by atoms with van der Waals surface area (Å²) >= 11 is 0. The number of likely N-dealkylation sites (N-methyl/N-ethyl adjacent to an activating group) is 1. The first-order chi connectivity index (χ1) is 14.9. The van der Waals surface area contributed by atoms with Gasteiger partial charge in [-0.3, -0.25) is 9.59 Å². The minimum Gasteiger partial charge on any atom is -0.378 e. The van der Waals surface area contributed by atoms with Crippen LogP contribution in [-0.4, -0.2) is 64.3 Å². The van der Waals surface area contributed by atoms with Crippen LogP contribution < -0.4 is 20.0 Å². The van der Waals surface area contributed by atoms with Gasteiger partial charge < -0.3 is 24.8 Å². The fraction of sp³-hybridized carbons (Fsp3) is 0.417. The van der Waals surface area contributed by atoms with E-state index in [9.17, 15) is 9.59 Å². The molecule has 1 atom stereocenters. The summed E-state index contributed by atoms with van der Waals surface area (Å²) in [6.07, 6.45) is 0. The normalized spacial score (nSPS) is 14.9. The molecule has 2 amide bonds. The van der Waals surface area contributed by atoms with Crippen molar-refractivity contribution in [1.82, 2.24) is 0 Å². The van der Waals surface area contributed by atoms with E-state index in [1.54, 1.807) is 4.90 Å².